The monoisotopic (exact) mass is 319 g/mol. The van der Waals surface area contributed by atoms with Crippen molar-refractivity contribution >= 4 is 41.8 Å². The van der Waals surface area contributed by atoms with Crippen LogP contribution in [-0.2, 0) is 9.31 Å². The van der Waals surface area contributed by atoms with Crippen LogP contribution in [0.3, 0.4) is 0 Å². The zero-order valence-electron chi connectivity index (χ0n) is 13.1. The molecule has 3 aromatic carbocycles. The Bertz CT molecular complexity index is 829. The summed E-state index contributed by atoms with van der Waals surface area (Å²) in [6.07, 6.45) is 2.62. The molecular formula is C18H17B2O4. The topological polar surface area (TPSA) is 58.9 Å². The van der Waals surface area contributed by atoms with Gasteiger partial charge in [0.05, 0.1) is 12.5 Å². The molecule has 0 amide bonds. The van der Waals surface area contributed by atoms with E-state index in [1.165, 1.54) is 12.5 Å². The third-order valence-electron chi connectivity index (χ3n) is 3.43. The number of hydrogen-bond acceptors (Lipinski definition) is 4. The van der Waals surface area contributed by atoms with Crippen LogP contribution in [0.15, 0.2) is 80.3 Å². The largest absolute Gasteiger partial charge is 0.477 e. The second-order valence-electron chi connectivity index (χ2n) is 4.83. The van der Waals surface area contributed by atoms with Crippen molar-refractivity contribution in [1.82, 2.24) is 0 Å². The van der Waals surface area contributed by atoms with Crippen molar-refractivity contribution in [2.45, 2.75) is 0 Å². The van der Waals surface area contributed by atoms with Crippen LogP contribution in [0.25, 0.3) is 21.5 Å². The average Bonchev–Trinajstić information content (AvgIpc) is 2.61. The fourth-order valence-corrected chi connectivity index (χ4v) is 2.41. The lowest BCUT2D eigenvalue weighted by molar-refractivity contribution is 0.393. The van der Waals surface area contributed by atoms with Gasteiger partial charge in [0.15, 0.2) is 0 Å². The lowest BCUT2D eigenvalue weighted by Crippen LogP contribution is -2.35. The Kier molecular flexibility index (Phi) is 6.63. The first kappa shape index (κ1) is 17.8. The zero-order valence-corrected chi connectivity index (χ0v) is 13.1. The lowest BCUT2D eigenvalue weighted by atomic mass is 9.75. The molecule has 1 radical (unpaired) electrons. The molecule has 0 saturated heterocycles. The molecule has 24 heavy (non-hydrogen) atoms. The fraction of sp³-hybridized carbons (Fsp3) is 0. The molecule has 0 atom stereocenters. The summed E-state index contributed by atoms with van der Waals surface area (Å²) in [5, 5.41) is 22.7. The number of ether oxygens (including phenoxy) is 1. The van der Waals surface area contributed by atoms with Gasteiger partial charge in [0.25, 0.3) is 0 Å². The lowest BCUT2D eigenvalue weighted by Gasteiger charge is -2.10. The summed E-state index contributed by atoms with van der Waals surface area (Å²) in [4.78, 5) is 0. The molecule has 0 aliphatic heterocycles. The van der Waals surface area contributed by atoms with E-state index in [1.54, 1.807) is 6.07 Å². The summed E-state index contributed by atoms with van der Waals surface area (Å²) < 4.78 is 9.10. The molecular weight excluding hydrogens is 302 g/mol. The van der Waals surface area contributed by atoms with E-state index in [0.29, 0.717) is 13.1 Å². The summed E-state index contributed by atoms with van der Waals surface area (Å²) in [5.74, 6) is 0. The van der Waals surface area contributed by atoms with E-state index in [2.05, 4.69) is 30.0 Å². The van der Waals surface area contributed by atoms with Crippen molar-refractivity contribution in [3.8, 4) is 0 Å². The first-order valence-electron chi connectivity index (χ1n) is 7.29. The minimum absolute atomic E-state index is 0.505. The third-order valence-corrected chi connectivity index (χ3v) is 3.43. The van der Waals surface area contributed by atoms with Gasteiger partial charge in [-0.3, -0.25) is 0 Å². The molecule has 2 N–H and O–H groups in total. The molecule has 0 aliphatic rings. The van der Waals surface area contributed by atoms with Gasteiger partial charge in [-0.15, -0.1) is 0 Å². The van der Waals surface area contributed by atoms with Gasteiger partial charge in [-0.2, -0.15) is 0 Å². The van der Waals surface area contributed by atoms with Crippen molar-refractivity contribution < 1.29 is 19.4 Å². The molecule has 0 aliphatic carbocycles. The molecule has 3 rings (SSSR count). The van der Waals surface area contributed by atoms with Crippen LogP contribution in [0.1, 0.15) is 0 Å². The van der Waals surface area contributed by atoms with Crippen molar-refractivity contribution in [3.63, 3.8) is 0 Å². The number of fused-ring (bicyclic) bond motifs is 2. The minimum atomic E-state index is -1.17. The zero-order chi connectivity index (χ0) is 17.4. The highest BCUT2D eigenvalue weighted by atomic mass is 16.5. The summed E-state index contributed by atoms with van der Waals surface area (Å²) >= 11 is 0. The van der Waals surface area contributed by atoms with E-state index in [9.17, 15) is 5.02 Å². The molecule has 4 nitrogen and oxygen atoms in total. The molecule has 0 fully saturated rings. The molecule has 0 spiro atoms. The maximum Gasteiger partial charge on any atom is 0.477 e. The van der Waals surface area contributed by atoms with Crippen molar-refractivity contribution in [2.24, 2.45) is 0 Å². The second kappa shape index (κ2) is 8.93. The van der Waals surface area contributed by atoms with Crippen LogP contribution in [0.2, 0.25) is 0 Å². The molecule has 0 aromatic heterocycles. The van der Waals surface area contributed by atoms with Crippen molar-refractivity contribution in [1.29, 1.82) is 0 Å². The van der Waals surface area contributed by atoms with E-state index in [1.807, 2.05) is 36.4 Å². The van der Waals surface area contributed by atoms with Gasteiger partial charge in [-0.05, 0) is 39.1 Å². The highest BCUT2D eigenvalue weighted by Gasteiger charge is 2.19. The van der Waals surface area contributed by atoms with Gasteiger partial charge in [-0.1, -0.05) is 55.6 Å². The van der Waals surface area contributed by atoms with Gasteiger partial charge in [0.1, 0.15) is 0 Å². The first-order valence-corrected chi connectivity index (χ1v) is 7.29. The predicted molar refractivity (Wildman–Crippen MR) is 99.6 cm³/mol. The van der Waals surface area contributed by atoms with Crippen LogP contribution in [0.5, 0.6) is 0 Å². The summed E-state index contributed by atoms with van der Waals surface area (Å²) in [6, 6.07) is 17.8. The molecule has 119 valence electrons. The Morgan fingerprint density at radius 2 is 1.54 bits per heavy atom. The highest BCUT2D eigenvalue weighted by Crippen LogP contribution is 2.21. The van der Waals surface area contributed by atoms with Crippen LogP contribution < -0.4 is 5.46 Å². The van der Waals surface area contributed by atoms with E-state index in [0.717, 1.165) is 21.5 Å². The van der Waals surface area contributed by atoms with Gasteiger partial charge >= 0.3 is 14.8 Å². The smallest absolute Gasteiger partial charge is 0.474 e. The fourth-order valence-electron chi connectivity index (χ4n) is 2.41. The predicted octanol–water partition coefficient (Wildman–Crippen LogP) is 2.51. The molecule has 0 bridgehead atoms. The Morgan fingerprint density at radius 3 is 2.12 bits per heavy atom. The molecule has 0 heterocycles. The Hall–Kier alpha value is -2.53. The SMILES string of the molecule is C=COC=C.O[B]OB(O)c1cccc2cc3ccccc3cc12. The normalized spacial score (nSPS) is 9.75. The Balaban J connectivity index is 0.000000368. The average molecular weight is 319 g/mol. The third kappa shape index (κ3) is 4.26. The van der Waals surface area contributed by atoms with Crippen molar-refractivity contribution in [3.05, 3.63) is 80.3 Å². The standard InChI is InChI=1S/C14H11B2O3.C4H6O/c17-15-19-16(18)14-7-3-6-12-8-10-4-1-2-5-11(10)9-13(12)14;1-3-5-4-2/h1-9,17-18H;3-4H,1-2H2. The van der Waals surface area contributed by atoms with E-state index in [-0.39, 0.29) is 0 Å². The molecule has 0 saturated carbocycles. The van der Waals surface area contributed by atoms with Gasteiger partial charge < -0.3 is 19.4 Å². The van der Waals surface area contributed by atoms with E-state index in [4.69, 9.17) is 9.60 Å². The number of hydrogen-bond donors (Lipinski definition) is 2. The van der Waals surface area contributed by atoms with Crippen molar-refractivity contribution in [2.75, 3.05) is 0 Å². The van der Waals surface area contributed by atoms with Crippen LogP contribution in [0, 0.1) is 0 Å². The van der Waals surface area contributed by atoms with Crippen LogP contribution in [-0.4, -0.2) is 24.9 Å². The summed E-state index contributed by atoms with van der Waals surface area (Å²) in [5.41, 5.74) is 0.633. The maximum absolute atomic E-state index is 9.88. The highest BCUT2D eigenvalue weighted by molar-refractivity contribution is 6.66. The minimum Gasteiger partial charge on any atom is -0.474 e. The summed E-state index contributed by atoms with van der Waals surface area (Å²) in [6.45, 7) is 6.51. The Morgan fingerprint density at radius 1 is 0.917 bits per heavy atom. The summed E-state index contributed by atoms with van der Waals surface area (Å²) in [7, 11) is -0.667. The van der Waals surface area contributed by atoms with Crippen LogP contribution >= 0.6 is 0 Å². The van der Waals surface area contributed by atoms with E-state index < -0.39 is 7.12 Å². The van der Waals surface area contributed by atoms with Gasteiger partial charge in [-0.25, -0.2) is 0 Å². The van der Waals surface area contributed by atoms with E-state index >= 15 is 0 Å². The number of rotatable bonds is 5. The molecule has 3 aromatic rings. The van der Waals surface area contributed by atoms with Gasteiger partial charge in [0.2, 0.25) is 0 Å². The van der Waals surface area contributed by atoms with Gasteiger partial charge in [0, 0.05) is 0 Å². The Labute approximate surface area is 142 Å². The molecule has 6 heteroatoms. The maximum atomic E-state index is 9.88. The quantitative estimate of drug-likeness (QED) is 0.431. The second-order valence-corrected chi connectivity index (χ2v) is 4.83. The first-order chi connectivity index (χ1) is 11.7. The van der Waals surface area contributed by atoms with Crippen LogP contribution in [0.4, 0.5) is 0 Å². The molecule has 0 unspecified atom stereocenters. The number of benzene rings is 3.